The second-order valence-electron chi connectivity index (χ2n) is 6.45. The summed E-state index contributed by atoms with van der Waals surface area (Å²) in [6.45, 7) is 1.89. The van der Waals surface area contributed by atoms with E-state index in [0.717, 1.165) is 0 Å². The van der Waals surface area contributed by atoms with Crippen LogP contribution in [0.2, 0.25) is 10.0 Å². The molecule has 2 aromatic rings. The molecule has 0 radical (unpaired) electrons. The minimum atomic E-state index is -0.446. The van der Waals surface area contributed by atoms with Crippen molar-refractivity contribution in [2.24, 2.45) is 0 Å². The van der Waals surface area contributed by atoms with Gasteiger partial charge in [-0.1, -0.05) is 29.3 Å². The Kier molecular flexibility index (Phi) is 6.96. The molecule has 1 saturated heterocycles. The summed E-state index contributed by atoms with van der Waals surface area (Å²) in [6, 6.07) is 9.31. The molecule has 1 amide bonds. The van der Waals surface area contributed by atoms with Crippen LogP contribution >= 0.6 is 35.4 Å². The number of rotatable bonds is 4. The molecule has 1 heterocycles. The first-order valence-electron chi connectivity index (χ1n) is 8.93. The summed E-state index contributed by atoms with van der Waals surface area (Å²) in [5.41, 5.74) is 0.711. The number of hydrogen-bond donors (Lipinski definition) is 1. The van der Waals surface area contributed by atoms with E-state index in [2.05, 4.69) is 5.32 Å². The highest BCUT2D eigenvalue weighted by atomic mass is 35.5. The number of para-hydroxylation sites is 1. The lowest BCUT2D eigenvalue weighted by Crippen LogP contribution is -2.52. The number of anilines is 1. The molecular weight excluding hydrogens is 451 g/mol. The summed E-state index contributed by atoms with van der Waals surface area (Å²) >= 11 is 17.6. The van der Waals surface area contributed by atoms with Crippen LogP contribution in [-0.2, 0) is 0 Å². The molecule has 0 aromatic heterocycles. The highest BCUT2D eigenvalue weighted by Gasteiger charge is 2.27. The zero-order valence-corrected chi connectivity index (χ0v) is 18.3. The largest absolute Gasteiger partial charge is 0.495 e. The Morgan fingerprint density at radius 2 is 1.87 bits per heavy atom. The number of nitrogens with zero attached hydrogens (tertiary/aromatic N) is 3. The predicted octanol–water partition coefficient (Wildman–Crippen LogP) is 3.75. The van der Waals surface area contributed by atoms with Gasteiger partial charge in [0.1, 0.15) is 11.4 Å². The van der Waals surface area contributed by atoms with Gasteiger partial charge in [-0.15, -0.1) is 0 Å². The highest BCUT2D eigenvalue weighted by Crippen LogP contribution is 2.35. The van der Waals surface area contributed by atoms with Crippen molar-refractivity contribution in [1.82, 2.24) is 10.2 Å². The summed E-state index contributed by atoms with van der Waals surface area (Å²) in [5.74, 6) is 0.0919. The van der Waals surface area contributed by atoms with Crippen LogP contribution in [0.15, 0.2) is 36.4 Å². The molecule has 0 spiro atoms. The average molecular weight is 469 g/mol. The van der Waals surface area contributed by atoms with Crippen LogP contribution in [0.1, 0.15) is 10.4 Å². The standard InChI is InChI=1S/C19H18Cl2N4O4S/c1-29-16-6-5-12(11-14(16)21)18(26)22-19(30)24-9-7-23(8-10-24)17-13(20)3-2-4-15(17)25(27)28/h2-6,11H,7-10H2,1H3,(H,22,26,30). The first kappa shape index (κ1) is 22.1. The maximum absolute atomic E-state index is 12.5. The van der Waals surface area contributed by atoms with Gasteiger partial charge in [-0.2, -0.15) is 0 Å². The van der Waals surface area contributed by atoms with Crippen molar-refractivity contribution in [2.45, 2.75) is 0 Å². The lowest BCUT2D eigenvalue weighted by atomic mass is 10.2. The van der Waals surface area contributed by atoms with Gasteiger partial charge in [0, 0.05) is 37.8 Å². The van der Waals surface area contributed by atoms with E-state index in [0.29, 0.717) is 53.2 Å². The molecular formula is C19H18Cl2N4O4S. The number of nitro groups is 1. The number of thiocarbonyl (C=S) groups is 1. The third kappa shape index (κ3) is 4.75. The number of piperazine rings is 1. The van der Waals surface area contributed by atoms with Gasteiger partial charge in [0.05, 0.1) is 22.1 Å². The molecule has 0 bridgehead atoms. The van der Waals surface area contributed by atoms with E-state index in [1.165, 1.54) is 19.2 Å². The highest BCUT2D eigenvalue weighted by molar-refractivity contribution is 7.80. The van der Waals surface area contributed by atoms with E-state index in [1.54, 1.807) is 24.3 Å². The monoisotopic (exact) mass is 468 g/mol. The summed E-state index contributed by atoms with van der Waals surface area (Å²) < 4.78 is 5.08. The Labute approximate surface area is 188 Å². The van der Waals surface area contributed by atoms with Crippen molar-refractivity contribution >= 4 is 57.8 Å². The second kappa shape index (κ2) is 9.46. The van der Waals surface area contributed by atoms with Crippen LogP contribution < -0.4 is 15.0 Å². The SMILES string of the molecule is COc1ccc(C(=O)NC(=S)N2CCN(c3c(Cl)cccc3[N+](=O)[O-])CC2)cc1Cl. The molecule has 0 saturated carbocycles. The second-order valence-corrected chi connectivity index (χ2v) is 7.65. The van der Waals surface area contributed by atoms with Crippen molar-refractivity contribution in [3.63, 3.8) is 0 Å². The zero-order valence-electron chi connectivity index (χ0n) is 15.9. The molecule has 0 unspecified atom stereocenters. The number of nitro benzene ring substituents is 1. The molecule has 1 fully saturated rings. The molecule has 8 nitrogen and oxygen atoms in total. The van der Waals surface area contributed by atoms with Gasteiger partial charge in [0.15, 0.2) is 5.11 Å². The maximum Gasteiger partial charge on any atom is 0.294 e. The van der Waals surface area contributed by atoms with Crippen molar-refractivity contribution in [1.29, 1.82) is 0 Å². The van der Waals surface area contributed by atoms with Gasteiger partial charge < -0.3 is 14.5 Å². The fourth-order valence-electron chi connectivity index (χ4n) is 3.15. The Hall–Kier alpha value is -2.62. The first-order valence-corrected chi connectivity index (χ1v) is 10.1. The first-order chi connectivity index (χ1) is 14.3. The number of halogens is 2. The van der Waals surface area contributed by atoms with Crippen molar-refractivity contribution in [2.75, 3.05) is 38.2 Å². The minimum Gasteiger partial charge on any atom is -0.495 e. The molecule has 3 rings (SSSR count). The fraction of sp³-hybridized carbons (Fsp3) is 0.263. The molecule has 11 heteroatoms. The topological polar surface area (TPSA) is 88.0 Å². The fourth-order valence-corrected chi connectivity index (χ4v) is 3.98. The third-order valence-electron chi connectivity index (χ3n) is 4.68. The Balaban J connectivity index is 1.63. The van der Waals surface area contributed by atoms with Crippen molar-refractivity contribution < 1.29 is 14.5 Å². The van der Waals surface area contributed by atoms with Crippen LogP contribution in [0, 0.1) is 10.1 Å². The average Bonchev–Trinajstić information content (AvgIpc) is 2.73. The van der Waals surface area contributed by atoms with E-state index in [-0.39, 0.29) is 16.7 Å². The van der Waals surface area contributed by atoms with Gasteiger partial charge in [0.2, 0.25) is 0 Å². The van der Waals surface area contributed by atoms with Gasteiger partial charge >= 0.3 is 0 Å². The molecule has 1 N–H and O–H groups in total. The molecule has 1 aliphatic heterocycles. The molecule has 30 heavy (non-hydrogen) atoms. The summed E-state index contributed by atoms with van der Waals surface area (Å²) in [6.07, 6.45) is 0. The van der Waals surface area contributed by atoms with E-state index in [1.807, 2.05) is 9.80 Å². The van der Waals surface area contributed by atoms with Crippen LogP contribution in [0.5, 0.6) is 5.75 Å². The number of ether oxygens (including phenoxy) is 1. The number of benzene rings is 2. The minimum absolute atomic E-state index is 0.0387. The smallest absolute Gasteiger partial charge is 0.294 e. The number of carbonyl (C=O) groups excluding carboxylic acids is 1. The van der Waals surface area contributed by atoms with Gasteiger partial charge in [-0.25, -0.2) is 0 Å². The van der Waals surface area contributed by atoms with Crippen molar-refractivity contribution in [3.05, 3.63) is 62.1 Å². The number of carbonyl (C=O) groups is 1. The summed E-state index contributed by atoms with van der Waals surface area (Å²) in [4.78, 5) is 27.0. The number of nitrogens with one attached hydrogen (secondary N) is 1. The summed E-state index contributed by atoms with van der Waals surface area (Å²) in [5, 5.41) is 15.0. The molecule has 0 aliphatic carbocycles. The van der Waals surface area contributed by atoms with Gasteiger partial charge in [0.25, 0.3) is 11.6 Å². The van der Waals surface area contributed by atoms with Gasteiger partial charge in [-0.05, 0) is 36.5 Å². The van der Waals surface area contributed by atoms with E-state index in [4.69, 9.17) is 40.2 Å². The number of amides is 1. The normalized spacial score (nSPS) is 13.7. The maximum atomic E-state index is 12.5. The lowest BCUT2D eigenvalue weighted by Gasteiger charge is -2.37. The van der Waals surface area contributed by atoms with E-state index >= 15 is 0 Å². The molecule has 0 atom stereocenters. The number of hydrogen-bond acceptors (Lipinski definition) is 6. The van der Waals surface area contributed by atoms with E-state index in [9.17, 15) is 14.9 Å². The van der Waals surface area contributed by atoms with Crippen LogP contribution in [0.25, 0.3) is 0 Å². The van der Waals surface area contributed by atoms with Gasteiger partial charge in [-0.3, -0.25) is 20.2 Å². The Bertz CT molecular complexity index is 996. The number of methoxy groups -OCH3 is 1. The Morgan fingerprint density at radius 3 is 2.47 bits per heavy atom. The zero-order chi connectivity index (χ0) is 21.8. The Morgan fingerprint density at radius 1 is 1.17 bits per heavy atom. The van der Waals surface area contributed by atoms with Crippen LogP contribution in [-0.4, -0.2) is 54.1 Å². The molecule has 1 aliphatic rings. The van der Waals surface area contributed by atoms with Crippen LogP contribution in [0.3, 0.4) is 0 Å². The molecule has 2 aromatic carbocycles. The van der Waals surface area contributed by atoms with Crippen LogP contribution in [0.4, 0.5) is 11.4 Å². The predicted molar refractivity (Wildman–Crippen MR) is 120 cm³/mol. The third-order valence-corrected chi connectivity index (χ3v) is 5.64. The van der Waals surface area contributed by atoms with Crippen molar-refractivity contribution in [3.8, 4) is 5.75 Å². The summed E-state index contributed by atoms with van der Waals surface area (Å²) in [7, 11) is 1.49. The quantitative estimate of drug-likeness (QED) is 0.415. The lowest BCUT2D eigenvalue weighted by molar-refractivity contribution is -0.384. The van der Waals surface area contributed by atoms with E-state index < -0.39 is 4.92 Å². The molecule has 158 valence electrons.